The van der Waals surface area contributed by atoms with Crippen molar-refractivity contribution in [3.05, 3.63) is 52.6 Å². The highest BCUT2D eigenvalue weighted by molar-refractivity contribution is 5.74. The Morgan fingerprint density at radius 1 is 1.54 bits per heavy atom. The van der Waals surface area contributed by atoms with Crippen LogP contribution >= 0.6 is 0 Å². The second-order valence-electron chi connectivity index (χ2n) is 5.86. The summed E-state index contributed by atoms with van der Waals surface area (Å²) in [7, 11) is 1.90. The van der Waals surface area contributed by atoms with E-state index in [1.54, 1.807) is 6.20 Å². The van der Waals surface area contributed by atoms with E-state index in [2.05, 4.69) is 15.7 Å². The molecule has 3 rings (SSSR count). The lowest BCUT2D eigenvalue weighted by Gasteiger charge is -2.24. The van der Waals surface area contributed by atoms with Crippen LogP contribution in [0.25, 0.3) is 0 Å². The molecule has 2 amide bonds. The summed E-state index contributed by atoms with van der Waals surface area (Å²) in [4.78, 5) is 12.1. The predicted molar refractivity (Wildman–Crippen MR) is 85.4 cm³/mol. The van der Waals surface area contributed by atoms with Gasteiger partial charge in [-0.1, -0.05) is 6.07 Å². The molecule has 1 aromatic heterocycles. The molecule has 1 aromatic carbocycles. The van der Waals surface area contributed by atoms with Crippen molar-refractivity contribution in [2.24, 2.45) is 7.05 Å². The van der Waals surface area contributed by atoms with Gasteiger partial charge in [0.1, 0.15) is 5.82 Å². The molecule has 0 saturated carbocycles. The largest absolute Gasteiger partial charge is 0.334 e. The summed E-state index contributed by atoms with van der Waals surface area (Å²) in [6.45, 7) is 0.0655. The Hall–Kier alpha value is -2.88. The van der Waals surface area contributed by atoms with E-state index >= 15 is 0 Å². The number of rotatable bonds is 3. The van der Waals surface area contributed by atoms with Crippen LogP contribution in [-0.2, 0) is 20.0 Å². The van der Waals surface area contributed by atoms with Crippen molar-refractivity contribution in [1.82, 2.24) is 20.4 Å². The maximum Gasteiger partial charge on any atom is 0.315 e. The lowest BCUT2D eigenvalue weighted by Crippen LogP contribution is -2.38. The lowest BCUT2D eigenvalue weighted by molar-refractivity contribution is 0.235. The fraction of sp³-hybridized carbons (Fsp3) is 0.353. The summed E-state index contributed by atoms with van der Waals surface area (Å²) in [6, 6.07) is 5.66. The third-order valence-corrected chi connectivity index (χ3v) is 4.30. The van der Waals surface area contributed by atoms with E-state index < -0.39 is 5.82 Å². The fourth-order valence-corrected chi connectivity index (χ4v) is 3.00. The van der Waals surface area contributed by atoms with Crippen LogP contribution in [0.15, 0.2) is 24.4 Å². The maximum absolute atomic E-state index is 13.8. The fourth-order valence-electron chi connectivity index (χ4n) is 3.00. The second-order valence-corrected chi connectivity index (χ2v) is 5.86. The van der Waals surface area contributed by atoms with E-state index in [-0.39, 0.29) is 24.2 Å². The number of fused-ring (bicyclic) bond motifs is 1. The number of carbonyl (C=O) groups is 1. The Morgan fingerprint density at radius 3 is 3.12 bits per heavy atom. The van der Waals surface area contributed by atoms with Gasteiger partial charge in [-0.15, -0.1) is 0 Å². The van der Waals surface area contributed by atoms with Crippen LogP contribution in [0.1, 0.15) is 41.3 Å². The first-order valence-electron chi connectivity index (χ1n) is 7.82. The van der Waals surface area contributed by atoms with Crippen molar-refractivity contribution in [3.63, 3.8) is 0 Å². The minimum Gasteiger partial charge on any atom is -0.334 e. The molecule has 0 aliphatic heterocycles. The number of aromatic nitrogens is 2. The maximum atomic E-state index is 13.8. The van der Waals surface area contributed by atoms with Gasteiger partial charge in [0.15, 0.2) is 0 Å². The van der Waals surface area contributed by atoms with Gasteiger partial charge in [0.05, 0.1) is 23.9 Å². The highest BCUT2D eigenvalue weighted by Gasteiger charge is 2.24. The van der Waals surface area contributed by atoms with Crippen molar-refractivity contribution >= 4 is 6.03 Å². The van der Waals surface area contributed by atoms with Crippen molar-refractivity contribution in [2.75, 3.05) is 0 Å². The predicted octanol–water partition coefficient (Wildman–Crippen LogP) is 2.31. The molecule has 6 nitrogen and oxygen atoms in total. The van der Waals surface area contributed by atoms with Crippen molar-refractivity contribution in [3.8, 4) is 6.07 Å². The van der Waals surface area contributed by atoms with E-state index in [0.29, 0.717) is 5.56 Å². The van der Waals surface area contributed by atoms with Crippen LogP contribution in [-0.4, -0.2) is 15.8 Å². The summed E-state index contributed by atoms with van der Waals surface area (Å²) in [5.74, 6) is -0.499. The van der Waals surface area contributed by atoms with Crippen molar-refractivity contribution in [1.29, 1.82) is 5.26 Å². The number of amides is 2. The molecule has 0 radical (unpaired) electrons. The Morgan fingerprint density at radius 2 is 2.38 bits per heavy atom. The Balaban J connectivity index is 1.60. The molecular weight excluding hydrogens is 309 g/mol. The van der Waals surface area contributed by atoms with Gasteiger partial charge < -0.3 is 10.6 Å². The van der Waals surface area contributed by atoms with Crippen LogP contribution in [0.4, 0.5) is 9.18 Å². The molecule has 7 heteroatoms. The minimum atomic E-state index is -0.499. The Kier molecular flexibility index (Phi) is 4.47. The summed E-state index contributed by atoms with van der Waals surface area (Å²) >= 11 is 0. The molecule has 0 saturated heterocycles. The molecular formula is C17H18FN5O. The van der Waals surface area contributed by atoms with E-state index in [4.69, 9.17) is 5.26 Å². The first kappa shape index (κ1) is 16.0. The first-order chi connectivity index (χ1) is 11.6. The van der Waals surface area contributed by atoms with E-state index in [1.165, 1.54) is 12.1 Å². The molecule has 2 N–H and O–H groups in total. The van der Waals surface area contributed by atoms with Gasteiger partial charge in [-0.3, -0.25) is 4.68 Å². The quantitative estimate of drug-likeness (QED) is 0.907. The highest BCUT2D eigenvalue weighted by Crippen LogP contribution is 2.28. The van der Waals surface area contributed by atoms with Gasteiger partial charge in [0.25, 0.3) is 0 Å². The zero-order valence-corrected chi connectivity index (χ0v) is 13.3. The molecule has 1 aliphatic carbocycles. The van der Waals surface area contributed by atoms with Crippen LogP contribution in [0, 0.1) is 17.1 Å². The molecule has 0 fully saturated rings. The molecule has 1 aliphatic rings. The Bertz CT molecular complexity index is 808. The average Bonchev–Trinajstić information content (AvgIpc) is 2.96. The zero-order chi connectivity index (χ0) is 17.1. The summed E-state index contributed by atoms with van der Waals surface area (Å²) in [5, 5.41) is 18.6. The number of hydrogen-bond acceptors (Lipinski definition) is 3. The number of nitriles is 1. The number of nitrogens with zero attached hydrogens (tertiary/aromatic N) is 3. The number of aryl methyl sites for hydroxylation is 1. The number of benzene rings is 1. The van der Waals surface area contributed by atoms with Gasteiger partial charge >= 0.3 is 6.03 Å². The van der Waals surface area contributed by atoms with Crippen LogP contribution in [0.2, 0.25) is 0 Å². The normalized spacial score (nSPS) is 16.1. The summed E-state index contributed by atoms with van der Waals surface area (Å²) in [5.41, 5.74) is 2.79. The SMILES string of the molecule is Cn1ncc2c1CCC[C@@H]2NC(=O)NCc1ccc(C#N)cc1F. The number of nitrogens with one attached hydrogen (secondary N) is 2. The Labute approximate surface area is 139 Å². The molecule has 2 aromatic rings. The van der Waals surface area contributed by atoms with Gasteiger partial charge in [-0.05, 0) is 31.4 Å². The number of halogens is 1. The number of carbonyl (C=O) groups excluding carboxylic acids is 1. The number of urea groups is 1. The van der Waals surface area contributed by atoms with Gasteiger partial charge in [-0.25, -0.2) is 9.18 Å². The summed E-state index contributed by atoms with van der Waals surface area (Å²) in [6.07, 6.45) is 4.60. The smallest absolute Gasteiger partial charge is 0.315 e. The van der Waals surface area contributed by atoms with Crippen molar-refractivity contribution < 1.29 is 9.18 Å². The molecule has 1 atom stereocenters. The molecule has 0 bridgehead atoms. The molecule has 0 unspecified atom stereocenters. The standard InChI is InChI=1S/C17H18FN5O/c1-23-16-4-2-3-15(13(16)10-21-23)22-17(24)20-9-12-6-5-11(8-19)7-14(12)18/h5-7,10,15H,2-4,9H2,1H3,(H2,20,22,24)/t15-/m0/s1. The van der Waals surface area contributed by atoms with Gasteiger partial charge in [-0.2, -0.15) is 10.4 Å². The topological polar surface area (TPSA) is 82.7 Å². The first-order valence-corrected chi connectivity index (χ1v) is 7.82. The minimum absolute atomic E-state index is 0.0655. The third kappa shape index (κ3) is 3.23. The molecule has 24 heavy (non-hydrogen) atoms. The zero-order valence-electron chi connectivity index (χ0n) is 13.3. The average molecular weight is 327 g/mol. The monoisotopic (exact) mass is 327 g/mol. The van der Waals surface area contributed by atoms with Gasteiger partial charge in [0, 0.05) is 30.4 Å². The van der Waals surface area contributed by atoms with E-state index in [9.17, 15) is 9.18 Å². The summed E-state index contributed by atoms with van der Waals surface area (Å²) < 4.78 is 15.7. The van der Waals surface area contributed by atoms with E-state index in [0.717, 1.165) is 36.6 Å². The molecule has 124 valence electrons. The molecule has 0 spiro atoms. The van der Waals surface area contributed by atoms with Crippen molar-refractivity contribution in [2.45, 2.75) is 31.8 Å². The number of hydrogen-bond donors (Lipinski definition) is 2. The molecule has 1 heterocycles. The van der Waals surface area contributed by atoms with E-state index in [1.807, 2.05) is 17.8 Å². The highest BCUT2D eigenvalue weighted by atomic mass is 19.1. The van der Waals surface area contributed by atoms with Crippen LogP contribution in [0.5, 0.6) is 0 Å². The van der Waals surface area contributed by atoms with Crippen LogP contribution in [0.3, 0.4) is 0 Å². The third-order valence-electron chi connectivity index (χ3n) is 4.30. The second kappa shape index (κ2) is 6.71. The van der Waals surface area contributed by atoms with Gasteiger partial charge in [0.2, 0.25) is 0 Å². The van der Waals surface area contributed by atoms with Crippen LogP contribution < -0.4 is 10.6 Å². The lowest BCUT2D eigenvalue weighted by atomic mass is 9.93.